The van der Waals surface area contributed by atoms with Gasteiger partial charge in [0.05, 0.1) is 4.92 Å². The molecule has 1 aliphatic rings. The van der Waals surface area contributed by atoms with Crippen LogP contribution in [0.3, 0.4) is 0 Å². The van der Waals surface area contributed by atoms with E-state index in [4.69, 9.17) is 0 Å². The summed E-state index contributed by atoms with van der Waals surface area (Å²) in [6, 6.07) is 10.8. The lowest BCUT2D eigenvalue weighted by molar-refractivity contribution is -0.384. The number of nitro benzene ring substituents is 1. The van der Waals surface area contributed by atoms with Gasteiger partial charge in [-0.25, -0.2) is 4.79 Å². The summed E-state index contributed by atoms with van der Waals surface area (Å²) in [5, 5.41) is 16.0. The number of carbonyl (C=O) groups is 4. The van der Waals surface area contributed by atoms with Crippen LogP contribution >= 0.6 is 0 Å². The van der Waals surface area contributed by atoms with Crippen molar-refractivity contribution < 1.29 is 24.1 Å². The zero-order chi connectivity index (χ0) is 25.0. The van der Waals surface area contributed by atoms with Crippen LogP contribution in [0, 0.1) is 10.1 Å². The number of non-ortho nitro benzene ring substituents is 1. The summed E-state index contributed by atoms with van der Waals surface area (Å²) >= 11 is 0. The minimum Gasteiger partial charge on any atom is -0.339 e. The number of benzene rings is 2. The molecule has 0 aromatic heterocycles. The third-order valence-electron chi connectivity index (χ3n) is 5.70. The Hall–Kier alpha value is -4.28. The average Bonchev–Trinajstić information content (AvgIpc) is 3.04. The average molecular weight is 467 g/mol. The van der Waals surface area contributed by atoms with Crippen LogP contribution in [-0.4, -0.2) is 58.1 Å². The molecule has 11 nitrogen and oxygen atoms in total. The van der Waals surface area contributed by atoms with Gasteiger partial charge in [-0.1, -0.05) is 0 Å². The molecule has 11 heteroatoms. The van der Waals surface area contributed by atoms with Crippen molar-refractivity contribution in [1.29, 1.82) is 0 Å². The summed E-state index contributed by atoms with van der Waals surface area (Å²) in [6.07, 6.45) is 0. The molecule has 0 saturated carbocycles. The number of nitrogens with zero attached hydrogens (tertiary/aromatic N) is 3. The molecular weight excluding hydrogens is 442 g/mol. The highest BCUT2D eigenvalue weighted by atomic mass is 16.6. The molecule has 0 radical (unpaired) electrons. The molecule has 0 unspecified atom stereocenters. The molecule has 2 aromatic carbocycles. The van der Waals surface area contributed by atoms with Crippen molar-refractivity contribution in [2.24, 2.45) is 0 Å². The van der Waals surface area contributed by atoms with Crippen molar-refractivity contribution in [3.63, 3.8) is 0 Å². The second-order valence-electron chi connectivity index (χ2n) is 7.85. The second-order valence-corrected chi connectivity index (χ2v) is 7.85. The Morgan fingerprint density at radius 1 is 1.06 bits per heavy atom. The fraction of sp³-hybridized carbons (Fsp3) is 0.304. The molecule has 0 bridgehead atoms. The van der Waals surface area contributed by atoms with Crippen LogP contribution in [0.15, 0.2) is 48.5 Å². The molecule has 3 rings (SSSR count). The number of urea groups is 1. The molecule has 5 amide bonds. The Morgan fingerprint density at radius 3 is 2.18 bits per heavy atom. The van der Waals surface area contributed by atoms with Crippen LogP contribution in [0.25, 0.3) is 0 Å². The minimum absolute atomic E-state index is 0.118. The molecule has 1 fully saturated rings. The predicted octanol–water partition coefficient (Wildman–Crippen LogP) is 2.48. The van der Waals surface area contributed by atoms with E-state index in [0.29, 0.717) is 29.9 Å². The van der Waals surface area contributed by atoms with Gasteiger partial charge >= 0.3 is 6.03 Å². The zero-order valence-corrected chi connectivity index (χ0v) is 19.0. The van der Waals surface area contributed by atoms with Gasteiger partial charge in [-0.05, 0) is 62.7 Å². The largest absolute Gasteiger partial charge is 0.339 e. The van der Waals surface area contributed by atoms with E-state index >= 15 is 0 Å². The van der Waals surface area contributed by atoms with E-state index in [2.05, 4.69) is 10.6 Å². The van der Waals surface area contributed by atoms with E-state index in [1.54, 1.807) is 29.2 Å². The first-order valence-electron chi connectivity index (χ1n) is 10.7. The van der Waals surface area contributed by atoms with Gasteiger partial charge in [-0.2, -0.15) is 0 Å². The number of amides is 5. The summed E-state index contributed by atoms with van der Waals surface area (Å²) in [5.41, 5.74) is -0.363. The topological polar surface area (TPSA) is 142 Å². The van der Waals surface area contributed by atoms with E-state index < -0.39 is 34.9 Å². The number of hydrogen-bond donors (Lipinski definition) is 2. The zero-order valence-electron chi connectivity index (χ0n) is 19.0. The van der Waals surface area contributed by atoms with Gasteiger partial charge < -0.3 is 15.5 Å². The standard InChI is InChI=1S/C23H25N5O6/c1-4-26(5-2)20(30)15-6-10-17(11-7-15)24-19(29)14-27-21(31)23(3,25-22(27)32)16-8-12-18(13-9-16)28(33)34/h6-13H,4-5,14H2,1-3H3,(H,24,29)(H,25,32)/t23-/m0/s1. The molecule has 2 aromatic rings. The van der Waals surface area contributed by atoms with Gasteiger partial charge in [0.1, 0.15) is 12.1 Å². The van der Waals surface area contributed by atoms with E-state index in [0.717, 1.165) is 4.90 Å². The van der Waals surface area contributed by atoms with E-state index in [-0.39, 0.29) is 11.6 Å². The Bertz CT molecular complexity index is 1130. The first-order chi connectivity index (χ1) is 16.1. The van der Waals surface area contributed by atoms with E-state index in [9.17, 15) is 29.3 Å². The lowest BCUT2D eigenvalue weighted by Crippen LogP contribution is -2.42. The van der Waals surface area contributed by atoms with E-state index in [1.165, 1.54) is 31.2 Å². The molecule has 0 aliphatic carbocycles. The molecule has 34 heavy (non-hydrogen) atoms. The van der Waals surface area contributed by atoms with Crippen LogP contribution in [-0.2, 0) is 15.1 Å². The van der Waals surface area contributed by atoms with Crippen molar-refractivity contribution in [3.8, 4) is 0 Å². The molecule has 1 aliphatic heterocycles. The smallest absolute Gasteiger partial charge is 0.325 e. The van der Waals surface area contributed by atoms with Gasteiger partial charge in [0, 0.05) is 36.5 Å². The van der Waals surface area contributed by atoms with Crippen LogP contribution in [0.1, 0.15) is 36.7 Å². The van der Waals surface area contributed by atoms with Crippen LogP contribution in [0.4, 0.5) is 16.2 Å². The quantitative estimate of drug-likeness (QED) is 0.347. The SMILES string of the molecule is CCN(CC)C(=O)c1ccc(NC(=O)CN2C(=O)N[C@@](C)(c3ccc([N+](=O)[O-])cc3)C2=O)cc1. The molecule has 178 valence electrons. The fourth-order valence-corrected chi connectivity index (χ4v) is 3.69. The maximum Gasteiger partial charge on any atom is 0.325 e. The summed E-state index contributed by atoms with van der Waals surface area (Å²) in [6.45, 7) is 5.89. The van der Waals surface area contributed by atoms with Crippen LogP contribution in [0.5, 0.6) is 0 Å². The molecule has 1 atom stereocenters. The van der Waals surface area contributed by atoms with Gasteiger partial charge in [0.2, 0.25) is 5.91 Å². The minimum atomic E-state index is -1.46. The predicted molar refractivity (Wildman–Crippen MR) is 123 cm³/mol. The maximum atomic E-state index is 13.0. The Balaban J connectivity index is 1.67. The third-order valence-corrected chi connectivity index (χ3v) is 5.70. The molecule has 1 saturated heterocycles. The van der Waals surface area contributed by atoms with Gasteiger partial charge in [0.15, 0.2) is 0 Å². The van der Waals surface area contributed by atoms with Crippen molar-refractivity contribution in [3.05, 3.63) is 69.8 Å². The number of carbonyl (C=O) groups excluding carboxylic acids is 4. The number of imide groups is 1. The highest BCUT2D eigenvalue weighted by Gasteiger charge is 2.49. The van der Waals surface area contributed by atoms with Crippen molar-refractivity contribution in [1.82, 2.24) is 15.1 Å². The van der Waals surface area contributed by atoms with Gasteiger partial charge in [-0.15, -0.1) is 0 Å². The summed E-state index contributed by atoms with van der Waals surface area (Å²) in [4.78, 5) is 63.1. The molecular formula is C23H25N5O6. The van der Waals surface area contributed by atoms with Crippen molar-refractivity contribution in [2.75, 3.05) is 25.0 Å². The summed E-state index contributed by atoms with van der Waals surface area (Å²) in [7, 11) is 0. The van der Waals surface area contributed by atoms with Gasteiger partial charge in [0.25, 0.3) is 17.5 Å². The first kappa shape index (κ1) is 24.4. The molecule has 0 spiro atoms. The number of anilines is 1. The number of nitro groups is 1. The fourth-order valence-electron chi connectivity index (χ4n) is 3.69. The normalized spacial score (nSPS) is 17.3. The highest BCUT2D eigenvalue weighted by molar-refractivity contribution is 6.10. The number of rotatable bonds is 8. The number of hydrogen-bond acceptors (Lipinski definition) is 6. The molecule has 2 N–H and O–H groups in total. The van der Waals surface area contributed by atoms with Crippen molar-refractivity contribution in [2.45, 2.75) is 26.3 Å². The third kappa shape index (κ3) is 4.72. The lowest BCUT2D eigenvalue weighted by atomic mass is 9.92. The first-order valence-corrected chi connectivity index (χ1v) is 10.7. The monoisotopic (exact) mass is 467 g/mol. The van der Waals surface area contributed by atoms with Crippen molar-refractivity contribution >= 4 is 35.1 Å². The summed E-state index contributed by atoms with van der Waals surface area (Å²) < 4.78 is 0. The number of nitrogens with one attached hydrogen (secondary N) is 2. The highest BCUT2D eigenvalue weighted by Crippen LogP contribution is 2.30. The lowest BCUT2D eigenvalue weighted by Gasteiger charge is -2.22. The van der Waals surface area contributed by atoms with Crippen LogP contribution in [0.2, 0.25) is 0 Å². The summed E-state index contributed by atoms with van der Waals surface area (Å²) in [5.74, 6) is -1.37. The van der Waals surface area contributed by atoms with Gasteiger partial charge in [-0.3, -0.25) is 29.4 Å². The Labute approximate surface area is 195 Å². The Morgan fingerprint density at radius 2 is 1.65 bits per heavy atom. The Kier molecular flexibility index (Phi) is 6.94. The van der Waals surface area contributed by atoms with E-state index in [1.807, 2.05) is 13.8 Å². The molecule has 1 heterocycles. The maximum absolute atomic E-state index is 13.0. The second kappa shape index (κ2) is 9.69. The van der Waals surface area contributed by atoms with Crippen LogP contribution < -0.4 is 10.6 Å².